The molecule has 1 unspecified atom stereocenters. The summed E-state index contributed by atoms with van der Waals surface area (Å²) in [6.45, 7) is 2.77. The fraction of sp³-hybridized carbons (Fsp3) is 0.200. The van der Waals surface area contributed by atoms with E-state index >= 15 is 0 Å². The first-order valence-corrected chi connectivity index (χ1v) is 9.34. The number of nitrogens with zero attached hydrogens (tertiary/aromatic N) is 2. The molecule has 0 bridgehead atoms. The predicted molar refractivity (Wildman–Crippen MR) is 106 cm³/mol. The minimum Gasteiger partial charge on any atom is -0.368 e. The highest BCUT2D eigenvalue weighted by atomic mass is 32.2. The van der Waals surface area contributed by atoms with Crippen molar-refractivity contribution >= 4 is 17.6 Å². The Morgan fingerprint density at radius 2 is 1.80 bits per heavy atom. The molecule has 0 spiro atoms. The van der Waals surface area contributed by atoms with Crippen LogP contribution in [0.1, 0.15) is 18.5 Å². The van der Waals surface area contributed by atoms with Crippen LogP contribution in [0.2, 0.25) is 0 Å². The first-order chi connectivity index (χ1) is 12.3. The van der Waals surface area contributed by atoms with Gasteiger partial charge in [-0.25, -0.2) is 9.97 Å². The third-order valence-electron chi connectivity index (χ3n) is 3.86. The quantitative estimate of drug-likeness (QED) is 0.620. The summed E-state index contributed by atoms with van der Waals surface area (Å²) in [6.07, 6.45) is 1.58. The SMILES string of the molecule is CCSc1ccc(-c2cc(NCC(N)c3ccccc3)ncn2)cc1. The molecule has 0 saturated carbocycles. The summed E-state index contributed by atoms with van der Waals surface area (Å²) in [5.41, 5.74) is 9.32. The highest BCUT2D eigenvalue weighted by Crippen LogP contribution is 2.24. The van der Waals surface area contributed by atoms with E-state index in [1.165, 1.54) is 4.90 Å². The summed E-state index contributed by atoms with van der Waals surface area (Å²) in [6, 6.07) is 20.4. The van der Waals surface area contributed by atoms with Gasteiger partial charge in [0.1, 0.15) is 12.1 Å². The van der Waals surface area contributed by atoms with Gasteiger partial charge in [-0.2, -0.15) is 0 Å². The lowest BCUT2D eigenvalue weighted by Gasteiger charge is -2.14. The highest BCUT2D eigenvalue weighted by molar-refractivity contribution is 7.99. The molecule has 4 nitrogen and oxygen atoms in total. The van der Waals surface area contributed by atoms with Crippen molar-refractivity contribution in [1.82, 2.24) is 9.97 Å². The van der Waals surface area contributed by atoms with Gasteiger partial charge in [-0.15, -0.1) is 11.8 Å². The fourth-order valence-electron chi connectivity index (χ4n) is 2.53. The molecule has 0 fully saturated rings. The lowest BCUT2D eigenvalue weighted by Crippen LogP contribution is -2.20. The number of hydrogen-bond acceptors (Lipinski definition) is 5. The summed E-state index contributed by atoms with van der Waals surface area (Å²) in [5.74, 6) is 1.85. The lowest BCUT2D eigenvalue weighted by atomic mass is 10.1. The highest BCUT2D eigenvalue weighted by Gasteiger charge is 2.07. The first kappa shape index (κ1) is 17.5. The normalized spacial score (nSPS) is 11.9. The van der Waals surface area contributed by atoms with Crippen molar-refractivity contribution in [2.75, 3.05) is 17.6 Å². The predicted octanol–water partition coefficient (Wildman–Crippen LogP) is 4.37. The van der Waals surface area contributed by atoms with Crippen LogP contribution in [-0.2, 0) is 0 Å². The maximum Gasteiger partial charge on any atom is 0.130 e. The number of thioether (sulfide) groups is 1. The van der Waals surface area contributed by atoms with E-state index in [1.807, 2.05) is 48.2 Å². The third kappa shape index (κ3) is 4.81. The van der Waals surface area contributed by atoms with Gasteiger partial charge in [0.25, 0.3) is 0 Å². The van der Waals surface area contributed by atoms with Gasteiger partial charge in [0.15, 0.2) is 0 Å². The Labute approximate surface area is 152 Å². The molecule has 3 aromatic rings. The largest absolute Gasteiger partial charge is 0.368 e. The molecule has 0 radical (unpaired) electrons. The number of rotatable bonds is 7. The maximum atomic E-state index is 6.23. The Balaban J connectivity index is 1.67. The van der Waals surface area contributed by atoms with E-state index in [0.717, 1.165) is 28.4 Å². The number of nitrogens with two attached hydrogens (primary N) is 1. The molecule has 2 aromatic carbocycles. The van der Waals surface area contributed by atoms with Crippen LogP contribution in [0.15, 0.2) is 71.9 Å². The van der Waals surface area contributed by atoms with E-state index in [0.29, 0.717) is 6.54 Å². The van der Waals surface area contributed by atoms with Crippen molar-refractivity contribution in [2.24, 2.45) is 5.73 Å². The average Bonchev–Trinajstić information content (AvgIpc) is 2.68. The molecule has 0 aliphatic rings. The van der Waals surface area contributed by atoms with Gasteiger partial charge in [0.2, 0.25) is 0 Å². The summed E-state index contributed by atoms with van der Waals surface area (Å²) in [7, 11) is 0. The van der Waals surface area contributed by atoms with Crippen molar-refractivity contribution < 1.29 is 0 Å². The standard InChI is InChI=1S/C20H22N4S/c1-2-25-17-10-8-16(9-11-17)19-12-20(24-14-23-19)22-13-18(21)15-6-4-3-5-7-15/h3-12,14,18H,2,13,21H2,1H3,(H,22,23,24). The molecule has 0 saturated heterocycles. The van der Waals surface area contributed by atoms with E-state index < -0.39 is 0 Å². The lowest BCUT2D eigenvalue weighted by molar-refractivity contribution is 0.761. The van der Waals surface area contributed by atoms with E-state index in [9.17, 15) is 0 Å². The number of benzene rings is 2. The van der Waals surface area contributed by atoms with Gasteiger partial charge < -0.3 is 11.1 Å². The summed E-state index contributed by atoms with van der Waals surface area (Å²) in [4.78, 5) is 9.95. The molecule has 1 aromatic heterocycles. The van der Waals surface area contributed by atoms with Crippen LogP contribution < -0.4 is 11.1 Å². The molecule has 3 N–H and O–H groups in total. The Kier molecular flexibility index (Phi) is 6.04. The van der Waals surface area contributed by atoms with E-state index in [4.69, 9.17) is 5.73 Å². The first-order valence-electron chi connectivity index (χ1n) is 8.36. The van der Waals surface area contributed by atoms with Gasteiger partial charge in [0.05, 0.1) is 5.69 Å². The van der Waals surface area contributed by atoms with Crippen LogP contribution in [0.5, 0.6) is 0 Å². The molecule has 25 heavy (non-hydrogen) atoms. The average molecular weight is 350 g/mol. The zero-order chi connectivity index (χ0) is 17.5. The molecule has 0 amide bonds. The van der Waals surface area contributed by atoms with E-state index in [1.54, 1.807) is 6.33 Å². The van der Waals surface area contributed by atoms with Crippen LogP contribution >= 0.6 is 11.8 Å². The van der Waals surface area contributed by atoms with E-state index in [-0.39, 0.29) is 6.04 Å². The van der Waals surface area contributed by atoms with Crippen LogP contribution in [-0.4, -0.2) is 22.3 Å². The van der Waals surface area contributed by atoms with Crippen molar-refractivity contribution in [3.63, 3.8) is 0 Å². The van der Waals surface area contributed by atoms with Gasteiger partial charge in [-0.3, -0.25) is 0 Å². The Morgan fingerprint density at radius 3 is 2.52 bits per heavy atom. The second-order valence-corrected chi connectivity index (χ2v) is 6.98. The topological polar surface area (TPSA) is 63.8 Å². The molecule has 0 aliphatic heterocycles. The van der Waals surface area contributed by atoms with Crippen molar-refractivity contribution in [2.45, 2.75) is 17.9 Å². The molecule has 128 valence electrons. The second kappa shape index (κ2) is 8.65. The molecule has 0 aliphatic carbocycles. The second-order valence-electron chi connectivity index (χ2n) is 5.64. The zero-order valence-electron chi connectivity index (χ0n) is 14.2. The number of anilines is 1. The van der Waals surface area contributed by atoms with E-state index in [2.05, 4.69) is 46.5 Å². The Bertz CT molecular complexity index is 790. The number of hydrogen-bond donors (Lipinski definition) is 2. The van der Waals surface area contributed by atoms with Gasteiger partial charge in [0, 0.05) is 29.1 Å². The molecular formula is C20H22N4S. The monoisotopic (exact) mass is 350 g/mol. The third-order valence-corrected chi connectivity index (χ3v) is 4.75. The minimum absolute atomic E-state index is 0.0787. The molecule has 5 heteroatoms. The summed E-state index contributed by atoms with van der Waals surface area (Å²) in [5, 5.41) is 3.30. The maximum absolute atomic E-state index is 6.23. The smallest absolute Gasteiger partial charge is 0.130 e. The van der Waals surface area contributed by atoms with Crippen LogP contribution in [0.25, 0.3) is 11.3 Å². The molecule has 3 rings (SSSR count). The Morgan fingerprint density at radius 1 is 1.04 bits per heavy atom. The van der Waals surface area contributed by atoms with Crippen molar-refractivity contribution in [1.29, 1.82) is 0 Å². The van der Waals surface area contributed by atoms with Crippen molar-refractivity contribution in [3.05, 3.63) is 72.6 Å². The fourth-order valence-corrected chi connectivity index (χ4v) is 3.19. The summed E-state index contributed by atoms with van der Waals surface area (Å²) >= 11 is 1.83. The number of aromatic nitrogens is 2. The minimum atomic E-state index is -0.0787. The molecule has 1 atom stereocenters. The summed E-state index contributed by atoms with van der Waals surface area (Å²) < 4.78 is 0. The number of nitrogens with one attached hydrogen (secondary N) is 1. The Hall–Kier alpha value is -2.37. The van der Waals surface area contributed by atoms with Crippen molar-refractivity contribution in [3.8, 4) is 11.3 Å². The zero-order valence-corrected chi connectivity index (χ0v) is 15.0. The van der Waals surface area contributed by atoms with Gasteiger partial charge >= 0.3 is 0 Å². The van der Waals surface area contributed by atoms with Crippen LogP contribution in [0.4, 0.5) is 5.82 Å². The van der Waals surface area contributed by atoms with Gasteiger partial charge in [-0.05, 0) is 23.4 Å². The van der Waals surface area contributed by atoms with Crippen LogP contribution in [0.3, 0.4) is 0 Å². The van der Waals surface area contributed by atoms with Gasteiger partial charge in [-0.1, -0.05) is 49.4 Å². The molecular weight excluding hydrogens is 328 g/mol. The van der Waals surface area contributed by atoms with Crippen LogP contribution in [0, 0.1) is 0 Å². The molecule has 1 heterocycles.